The SMILES string of the molecule is N[C@@H]1CCN(C(=O)CS(=O)(=O)CCCc2ccccc2)C1. The van der Waals surface area contributed by atoms with Crippen LogP contribution in [0.2, 0.25) is 0 Å². The van der Waals surface area contributed by atoms with Gasteiger partial charge in [-0.1, -0.05) is 30.3 Å². The van der Waals surface area contributed by atoms with E-state index < -0.39 is 15.6 Å². The Morgan fingerprint density at radius 3 is 2.62 bits per heavy atom. The highest BCUT2D eigenvalue weighted by atomic mass is 32.2. The molecular formula is C15H22N2O3S. The maximum Gasteiger partial charge on any atom is 0.237 e. The molecule has 0 radical (unpaired) electrons. The van der Waals surface area contributed by atoms with Gasteiger partial charge in [-0.25, -0.2) is 8.42 Å². The number of amides is 1. The van der Waals surface area contributed by atoms with E-state index in [1.165, 1.54) is 0 Å². The van der Waals surface area contributed by atoms with E-state index in [-0.39, 0.29) is 17.7 Å². The van der Waals surface area contributed by atoms with Crippen molar-refractivity contribution in [2.24, 2.45) is 5.73 Å². The molecule has 1 fully saturated rings. The van der Waals surface area contributed by atoms with E-state index in [4.69, 9.17) is 5.73 Å². The minimum absolute atomic E-state index is 0.0188. The van der Waals surface area contributed by atoms with Crippen molar-refractivity contribution in [3.05, 3.63) is 35.9 Å². The lowest BCUT2D eigenvalue weighted by Crippen LogP contribution is -2.36. The molecule has 21 heavy (non-hydrogen) atoms. The first-order valence-corrected chi connectivity index (χ1v) is 9.06. The van der Waals surface area contributed by atoms with Crippen LogP contribution < -0.4 is 5.73 Å². The second kappa shape index (κ2) is 7.04. The molecule has 0 unspecified atom stereocenters. The van der Waals surface area contributed by atoms with Gasteiger partial charge in [-0.05, 0) is 24.8 Å². The third kappa shape index (κ3) is 5.13. The Balaban J connectivity index is 1.78. The molecule has 1 saturated heterocycles. The predicted molar refractivity (Wildman–Crippen MR) is 82.6 cm³/mol. The van der Waals surface area contributed by atoms with Crippen LogP contribution in [0.3, 0.4) is 0 Å². The van der Waals surface area contributed by atoms with Gasteiger partial charge < -0.3 is 10.6 Å². The molecular weight excluding hydrogens is 288 g/mol. The number of carbonyl (C=O) groups is 1. The summed E-state index contributed by atoms with van der Waals surface area (Å²) in [4.78, 5) is 13.5. The lowest BCUT2D eigenvalue weighted by Gasteiger charge is -2.15. The average molecular weight is 310 g/mol. The summed E-state index contributed by atoms with van der Waals surface area (Å²) in [7, 11) is -3.34. The van der Waals surface area contributed by atoms with E-state index in [1.807, 2.05) is 30.3 Å². The van der Waals surface area contributed by atoms with Crippen molar-refractivity contribution in [3.8, 4) is 0 Å². The fraction of sp³-hybridized carbons (Fsp3) is 0.533. The van der Waals surface area contributed by atoms with E-state index in [2.05, 4.69) is 0 Å². The van der Waals surface area contributed by atoms with Crippen LogP contribution in [0.1, 0.15) is 18.4 Å². The molecule has 0 spiro atoms. The number of carbonyl (C=O) groups excluding carboxylic acids is 1. The van der Waals surface area contributed by atoms with Gasteiger partial charge in [-0.15, -0.1) is 0 Å². The first-order chi connectivity index (χ1) is 9.96. The van der Waals surface area contributed by atoms with Gasteiger partial charge in [0.1, 0.15) is 5.75 Å². The summed E-state index contributed by atoms with van der Waals surface area (Å²) in [5, 5.41) is 0. The molecule has 0 aromatic heterocycles. The van der Waals surface area contributed by atoms with Crippen LogP contribution in [-0.2, 0) is 21.1 Å². The molecule has 5 nitrogen and oxygen atoms in total. The summed E-state index contributed by atoms with van der Waals surface area (Å²) in [6.45, 7) is 1.04. The third-order valence-corrected chi connectivity index (χ3v) is 5.28. The number of rotatable bonds is 6. The number of hydrogen-bond acceptors (Lipinski definition) is 4. The molecule has 116 valence electrons. The standard InChI is InChI=1S/C15H22N2O3S/c16-14-8-9-17(11-14)15(18)12-21(19,20)10-4-7-13-5-2-1-3-6-13/h1-3,5-6,14H,4,7-12,16H2/t14-/m1/s1. The van der Waals surface area contributed by atoms with Crippen LogP contribution in [0.4, 0.5) is 0 Å². The van der Waals surface area contributed by atoms with E-state index in [1.54, 1.807) is 4.90 Å². The fourth-order valence-corrected chi connectivity index (χ4v) is 3.79. The normalized spacial score (nSPS) is 18.9. The molecule has 1 aromatic rings. The molecule has 1 atom stereocenters. The second-order valence-corrected chi connectivity index (χ2v) is 7.75. The molecule has 1 heterocycles. The minimum atomic E-state index is -3.34. The number of sulfone groups is 1. The molecule has 0 bridgehead atoms. The summed E-state index contributed by atoms with van der Waals surface area (Å²) >= 11 is 0. The zero-order valence-corrected chi connectivity index (χ0v) is 12.9. The van der Waals surface area contributed by atoms with E-state index in [0.717, 1.165) is 12.0 Å². The van der Waals surface area contributed by atoms with Crippen molar-refractivity contribution < 1.29 is 13.2 Å². The van der Waals surface area contributed by atoms with Crippen molar-refractivity contribution in [1.29, 1.82) is 0 Å². The van der Waals surface area contributed by atoms with Gasteiger partial charge in [-0.2, -0.15) is 0 Å². The van der Waals surface area contributed by atoms with Gasteiger partial charge in [0.15, 0.2) is 9.84 Å². The predicted octanol–water partition coefficient (Wildman–Crippen LogP) is 0.594. The summed E-state index contributed by atoms with van der Waals surface area (Å²) in [6.07, 6.45) is 2.00. The lowest BCUT2D eigenvalue weighted by atomic mass is 10.1. The first kappa shape index (κ1) is 16.0. The Kier molecular flexibility index (Phi) is 5.36. The molecule has 1 aliphatic rings. The number of aryl methyl sites for hydroxylation is 1. The largest absolute Gasteiger partial charge is 0.340 e. The van der Waals surface area contributed by atoms with Crippen LogP contribution in [0.25, 0.3) is 0 Å². The Bertz CT molecular complexity index is 572. The van der Waals surface area contributed by atoms with Gasteiger partial charge >= 0.3 is 0 Å². The summed E-state index contributed by atoms with van der Waals surface area (Å²) in [6, 6.07) is 9.73. The van der Waals surface area contributed by atoms with E-state index in [0.29, 0.717) is 25.9 Å². The Morgan fingerprint density at radius 1 is 1.29 bits per heavy atom. The molecule has 0 aliphatic carbocycles. The molecule has 2 N–H and O–H groups in total. The maximum atomic E-state index is 12.0. The van der Waals surface area contributed by atoms with Crippen LogP contribution in [-0.4, -0.2) is 49.9 Å². The highest BCUT2D eigenvalue weighted by Crippen LogP contribution is 2.09. The van der Waals surface area contributed by atoms with Gasteiger partial charge in [0, 0.05) is 19.1 Å². The monoisotopic (exact) mass is 310 g/mol. The maximum absolute atomic E-state index is 12.0. The van der Waals surface area contributed by atoms with Crippen LogP contribution in [0, 0.1) is 0 Å². The molecule has 1 aromatic carbocycles. The van der Waals surface area contributed by atoms with Gasteiger partial charge in [0.2, 0.25) is 5.91 Å². The van der Waals surface area contributed by atoms with Gasteiger partial charge in [0.25, 0.3) is 0 Å². The molecule has 6 heteroatoms. The van der Waals surface area contributed by atoms with Crippen LogP contribution in [0.15, 0.2) is 30.3 Å². The van der Waals surface area contributed by atoms with Crippen molar-refractivity contribution in [1.82, 2.24) is 4.90 Å². The van der Waals surface area contributed by atoms with Gasteiger partial charge in [-0.3, -0.25) is 4.79 Å². The topological polar surface area (TPSA) is 80.5 Å². The van der Waals surface area contributed by atoms with Crippen LogP contribution in [0.5, 0.6) is 0 Å². The smallest absolute Gasteiger partial charge is 0.237 e. The number of nitrogens with two attached hydrogens (primary N) is 1. The van der Waals surface area contributed by atoms with Crippen molar-refractivity contribution >= 4 is 15.7 Å². The third-order valence-electron chi connectivity index (χ3n) is 3.68. The first-order valence-electron chi connectivity index (χ1n) is 7.24. The zero-order valence-electron chi connectivity index (χ0n) is 12.1. The molecule has 0 saturated carbocycles. The highest BCUT2D eigenvalue weighted by Gasteiger charge is 2.27. The lowest BCUT2D eigenvalue weighted by molar-refractivity contribution is -0.127. The summed E-state index contributed by atoms with van der Waals surface area (Å²) in [5.74, 6) is -0.662. The fourth-order valence-electron chi connectivity index (χ4n) is 2.51. The number of nitrogens with zero attached hydrogens (tertiary/aromatic N) is 1. The molecule has 1 amide bonds. The zero-order chi connectivity index (χ0) is 15.3. The van der Waals surface area contributed by atoms with Crippen molar-refractivity contribution in [2.75, 3.05) is 24.6 Å². The number of benzene rings is 1. The molecule has 2 rings (SSSR count). The van der Waals surface area contributed by atoms with Crippen molar-refractivity contribution in [2.45, 2.75) is 25.3 Å². The molecule has 1 aliphatic heterocycles. The Labute approximate surface area is 126 Å². The van der Waals surface area contributed by atoms with Crippen molar-refractivity contribution in [3.63, 3.8) is 0 Å². The average Bonchev–Trinajstić information content (AvgIpc) is 2.86. The number of likely N-dealkylation sites (tertiary alicyclic amines) is 1. The summed E-state index contributed by atoms with van der Waals surface area (Å²) in [5.41, 5.74) is 6.84. The Morgan fingerprint density at radius 2 is 2.00 bits per heavy atom. The Hall–Kier alpha value is -1.40. The quantitative estimate of drug-likeness (QED) is 0.834. The minimum Gasteiger partial charge on any atom is -0.340 e. The number of hydrogen-bond donors (Lipinski definition) is 1. The van der Waals surface area contributed by atoms with E-state index in [9.17, 15) is 13.2 Å². The highest BCUT2D eigenvalue weighted by molar-refractivity contribution is 7.92. The summed E-state index contributed by atoms with van der Waals surface area (Å²) < 4.78 is 24.0. The van der Waals surface area contributed by atoms with E-state index >= 15 is 0 Å². The van der Waals surface area contributed by atoms with Crippen LogP contribution >= 0.6 is 0 Å². The van der Waals surface area contributed by atoms with Gasteiger partial charge in [0.05, 0.1) is 5.75 Å². The second-order valence-electron chi connectivity index (χ2n) is 5.57.